The minimum atomic E-state index is 0.00641. The first-order valence-corrected chi connectivity index (χ1v) is 6.18. The molecule has 0 bridgehead atoms. The summed E-state index contributed by atoms with van der Waals surface area (Å²) < 4.78 is 5.46. The summed E-state index contributed by atoms with van der Waals surface area (Å²) in [6.45, 7) is 1.85. The first-order valence-electron chi connectivity index (χ1n) is 6.18. The van der Waals surface area contributed by atoms with E-state index in [0.717, 1.165) is 12.8 Å². The van der Waals surface area contributed by atoms with Crippen molar-refractivity contribution in [2.75, 3.05) is 6.61 Å². The van der Waals surface area contributed by atoms with E-state index >= 15 is 0 Å². The molecule has 0 aromatic heterocycles. The summed E-state index contributed by atoms with van der Waals surface area (Å²) in [5, 5.41) is 2.90. The number of hydrogen-bond donors (Lipinski definition) is 1. The summed E-state index contributed by atoms with van der Waals surface area (Å²) in [5.74, 6) is 0.661. The van der Waals surface area contributed by atoms with Gasteiger partial charge >= 0.3 is 0 Å². The monoisotopic (exact) mass is 247 g/mol. The van der Waals surface area contributed by atoms with Crippen LogP contribution in [0.2, 0.25) is 0 Å². The zero-order valence-corrected chi connectivity index (χ0v) is 10.4. The molecule has 1 aromatic carbocycles. The number of ketones is 1. The minimum Gasteiger partial charge on any atom is -0.493 e. The molecule has 0 heterocycles. The molecule has 0 saturated heterocycles. The van der Waals surface area contributed by atoms with E-state index in [1.807, 2.05) is 0 Å². The van der Waals surface area contributed by atoms with Crippen LogP contribution in [0.5, 0.6) is 5.75 Å². The molecule has 0 aliphatic heterocycles. The number of ether oxygens (including phenoxy) is 1. The van der Waals surface area contributed by atoms with Crippen LogP contribution in [0.25, 0.3) is 0 Å². The zero-order valence-electron chi connectivity index (χ0n) is 10.4. The fourth-order valence-corrected chi connectivity index (χ4v) is 1.59. The molecular formula is C14H17NO3. The standard InChI is InChI=1S/C14H17NO3/c1-10(16)11-3-2-4-13(9-11)18-8-7-14(17)15-12-5-6-12/h2-4,9,12H,5-8H2,1H3,(H,15,17). The second-order valence-electron chi connectivity index (χ2n) is 4.52. The fourth-order valence-electron chi connectivity index (χ4n) is 1.59. The van der Waals surface area contributed by atoms with Gasteiger partial charge in [0.1, 0.15) is 5.75 Å². The predicted octanol–water partition coefficient (Wildman–Crippen LogP) is 1.94. The second-order valence-corrected chi connectivity index (χ2v) is 4.52. The summed E-state index contributed by atoms with van der Waals surface area (Å²) in [6, 6.07) is 7.39. The molecule has 1 N–H and O–H groups in total. The van der Waals surface area contributed by atoms with Gasteiger partial charge in [-0.15, -0.1) is 0 Å². The highest BCUT2D eigenvalue weighted by Crippen LogP contribution is 2.18. The van der Waals surface area contributed by atoms with E-state index < -0.39 is 0 Å². The molecule has 4 nitrogen and oxygen atoms in total. The van der Waals surface area contributed by atoms with E-state index in [9.17, 15) is 9.59 Å². The maximum Gasteiger partial charge on any atom is 0.223 e. The van der Waals surface area contributed by atoms with Gasteiger partial charge in [-0.05, 0) is 31.9 Å². The number of amides is 1. The predicted molar refractivity (Wildman–Crippen MR) is 67.7 cm³/mol. The number of carbonyl (C=O) groups is 2. The van der Waals surface area contributed by atoms with E-state index in [2.05, 4.69) is 5.32 Å². The lowest BCUT2D eigenvalue weighted by Gasteiger charge is -2.07. The molecule has 1 aliphatic carbocycles. The van der Waals surface area contributed by atoms with Crippen LogP contribution in [0.15, 0.2) is 24.3 Å². The van der Waals surface area contributed by atoms with Gasteiger partial charge < -0.3 is 10.1 Å². The van der Waals surface area contributed by atoms with Gasteiger partial charge in [0.2, 0.25) is 5.91 Å². The zero-order chi connectivity index (χ0) is 13.0. The number of benzene rings is 1. The van der Waals surface area contributed by atoms with Gasteiger partial charge in [0.15, 0.2) is 5.78 Å². The minimum absolute atomic E-state index is 0.00641. The van der Waals surface area contributed by atoms with Gasteiger partial charge in [0.25, 0.3) is 0 Å². The van der Waals surface area contributed by atoms with Crippen LogP contribution in [0.1, 0.15) is 36.5 Å². The van der Waals surface area contributed by atoms with Gasteiger partial charge in [0, 0.05) is 11.6 Å². The molecule has 1 aliphatic rings. The van der Waals surface area contributed by atoms with Crippen molar-refractivity contribution in [1.29, 1.82) is 0 Å². The van der Waals surface area contributed by atoms with Crippen molar-refractivity contribution in [1.82, 2.24) is 5.32 Å². The number of rotatable bonds is 6. The number of Topliss-reactive ketones (excluding diaryl/α,β-unsaturated/α-hetero) is 1. The Morgan fingerprint density at radius 3 is 2.83 bits per heavy atom. The van der Waals surface area contributed by atoms with E-state index in [4.69, 9.17) is 4.74 Å². The summed E-state index contributed by atoms with van der Waals surface area (Å²) in [7, 11) is 0. The molecule has 1 saturated carbocycles. The fraction of sp³-hybridized carbons (Fsp3) is 0.429. The van der Waals surface area contributed by atoms with Crippen molar-refractivity contribution in [2.45, 2.75) is 32.2 Å². The third-order valence-corrected chi connectivity index (χ3v) is 2.78. The van der Waals surface area contributed by atoms with Crippen LogP contribution in [0.4, 0.5) is 0 Å². The van der Waals surface area contributed by atoms with Crippen molar-refractivity contribution >= 4 is 11.7 Å². The van der Waals surface area contributed by atoms with E-state index in [-0.39, 0.29) is 11.7 Å². The molecule has 0 atom stereocenters. The van der Waals surface area contributed by atoms with E-state index in [1.165, 1.54) is 6.92 Å². The van der Waals surface area contributed by atoms with Gasteiger partial charge in [-0.25, -0.2) is 0 Å². The Morgan fingerprint density at radius 2 is 2.17 bits per heavy atom. The molecular weight excluding hydrogens is 230 g/mol. The SMILES string of the molecule is CC(=O)c1cccc(OCCC(=O)NC2CC2)c1. The summed E-state index contributed by atoms with van der Waals surface area (Å²) >= 11 is 0. The lowest BCUT2D eigenvalue weighted by Crippen LogP contribution is -2.26. The van der Waals surface area contributed by atoms with Crippen LogP contribution >= 0.6 is 0 Å². The molecule has 0 radical (unpaired) electrons. The largest absolute Gasteiger partial charge is 0.493 e. The van der Waals surface area contributed by atoms with Crippen LogP contribution in [0, 0.1) is 0 Å². The summed E-state index contributed by atoms with van der Waals surface area (Å²) in [4.78, 5) is 22.6. The van der Waals surface area contributed by atoms with E-state index in [1.54, 1.807) is 24.3 Å². The Morgan fingerprint density at radius 1 is 1.39 bits per heavy atom. The van der Waals surface area contributed by atoms with Crippen molar-refractivity contribution in [2.24, 2.45) is 0 Å². The third-order valence-electron chi connectivity index (χ3n) is 2.78. The third kappa shape index (κ3) is 3.87. The quantitative estimate of drug-likeness (QED) is 0.781. The van der Waals surface area contributed by atoms with Crippen LogP contribution < -0.4 is 10.1 Å². The molecule has 96 valence electrons. The van der Waals surface area contributed by atoms with Gasteiger partial charge in [-0.3, -0.25) is 9.59 Å². The second kappa shape index (κ2) is 5.67. The summed E-state index contributed by atoms with van der Waals surface area (Å²) in [5.41, 5.74) is 0.620. The molecule has 0 unspecified atom stereocenters. The van der Waals surface area contributed by atoms with Gasteiger partial charge in [-0.2, -0.15) is 0 Å². The van der Waals surface area contributed by atoms with Crippen molar-refractivity contribution in [3.05, 3.63) is 29.8 Å². The molecule has 1 amide bonds. The van der Waals surface area contributed by atoms with Gasteiger partial charge in [0.05, 0.1) is 13.0 Å². The Bertz CT molecular complexity index is 452. The van der Waals surface area contributed by atoms with Crippen molar-refractivity contribution in [3.63, 3.8) is 0 Å². The Labute approximate surface area is 106 Å². The highest BCUT2D eigenvalue weighted by atomic mass is 16.5. The molecule has 1 aromatic rings. The molecule has 18 heavy (non-hydrogen) atoms. The Hall–Kier alpha value is -1.84. The normalized spacial score (nSPS) is 14.1. The van der Waals surface area contributed by atoms with Crippen LogP contribution in [0.3, 0.4) is 0 Å². The number of carbonyl (C=O) groups excluding carboxylic acids is 2. The molecule has 1 fully saturated rings. The summed E-state index contributed by atoms with van der Waals surface area (Å²) in [6.07, 6.45) is 2.53. The lowest BCUT2D eigenvalue weighted by atomic mass is 10.1. The highest BCUT2D eigenvalue weighted by Gasteiger charge is 2.22. The highest BCUT2D eigenvalue weighted by molar-refractivity contribution is 5.94. The van der Waals surface area contributed by atoms with Crippen molar-refractivity contribution in [3.8, 4) is 5.75 Å². The average Bonchev–Trinajstić information content (AvgIpc) is 3.13. The van der Waals surface area contributed by atoms with Crippen LogP contribution in [-0.2, 0) is 4.79 Å². The maximum atomic E-state index is 11.4. The lowest BCUT2D eigenvalue weighted by molar-refractivity contribution is -0.121. The first-order chi connectivity index (χ1) is 8.65. The van der Waals surface area contributed by atoms with Crippen LogP contribution in [-0.4, -0.2) is 24.3 Å². The average molecular weight is 247 g/mol. The molecule has 2 rings (SSSR count). The smallest absolute Gasteiger partial charge is 0.223 e. The number of nitrogens with one attached hydrogen (secondary N) is 1. The topological polar surface area (TPSA) is 55.4 Å². The Balaban J connectivity index is 1.76. The molecule has 4 heteroatoms. The first kappa shape index (κ1) is 12.6. The number of hydrogen-bond acceptors (Lipinski definition) is 3. The molecule has 0 spiro atoms. The Kier molecular flexibility index (Phi) is 3.97. The van der Waals surface area contributed by atoms with E-state index in [0.29, 0.717) is 30.4 Å². The maximum absolute atomic E-state index is 11.4. The van der Waals surface area contributed by atoms with Crippen molar-refractivity contribution < 1.29 is 14.3 Å². The van der Waals surface area contributed by atoms with Gasteiger partial charge in [-0.1, -0.05) is 12.1 Å².